The molecule has 5 rings (SSSR count). The van der Waals surface area contributed by atoms with E-state index in [2.05, 4.69) is 10.1 Å². The molecule has 0 aliphatic heterocycles. The number of pyridine rings is 1. The molecule has 0 saturated carbocycles. The maximum absolute atomic E-state index is 13.6. The molecule has 5 aromatic rings. The van der Waals surface area contributed by atoms with Gasteiger partial charge < -0.3 is 14.6 Å². The Balaban J connectivity index is 1.46. The Hall–Kier alpha value is -3.67. The van der Waals surface area contributed by atoms with E-state index in [0.29, 0.717) is 16.8 Å². The number of hydrogen-bond donors (Lipinski definition) is 2. The highest BCUT2D eigenvalue weighted by Gasteiger charge is 2.25. The van der Waals surface area contributed by atoms with Crippen LogP contribution in [-0.4, -0.2) is 22.7 Å². The first-order valence-electron chi connectivity index (χ1n) is 11.0. The number of hydrogen-bond acceptors (Lipinski definition) is 5. The lowest BCUT2D eigenvalue weighted by molar-refractivity contribution is 0.0703. The molecule has 176 valence electrons. The first-order chi connectivity index (χ1) is 16.7. The summed E-state index contributed by atoms with van der Waals surface area (Å²) in [4.78, 5) is 17.2. The summed E-state index contributed by atoms with van der Waals surface area (Å²) in [5.74, 6) is -0.346. The Bertz CT molecular complexity index is 1590. The third-order valence-electron chi connectivity index (χ3n) is 5.81. The normalized spacial score (nSPS) is 13.0. The molecule has 8 heteroatoms. The van der Waals surface area contributed by atoms with Crippen molar-refractivity contribution in [3.63, 3.8) is 0 Å². The van der Waals surface area contributed by atoms with Crippen molar-refractivity contribution in [1.82, 2.24) is 4.98 Å². The molecule has 1 atom stereocenters. The lowest BCUT2D eigenvalue weighted by atomic mass is 10.1. The van der Waals surface area contributed by atoms with Gasteiger partial charge in [0.2, 0.25) is 0 Å². The van der Waals surface area contributed by atoms with Crippen LogP contribution in [0.4, 0.5) is 5.69 Å². The number of carboxylic acids is 1. The number of furan rings is 1. The van der Waals surface area contributed by atoms with Crippen LogP contribution in [0.3, 0.4) is 0 Å². The summed E-state index contributed by atoms with van der Waals surface area (Å²) < 4.78 is 19.5. The molecular weight excluding hydrogens is 479 g/mol. The van der Waals surface area contributed by atoms with Gasteiger partial charge >= 0.3 is 5.97 Å². The topological polar surface area (TPSA) is 92.4 Å². The van der Waals surface area contributed by atoms with Crippen LogP contribution in [0.5, 0.6) is 0 Å². The van der Waals surface area contributed by atoms with Gasteiger partial charge in [0, 0.05) is 34.7 Å². The second-order valence-electron chi connectivity index (χ2n) is 8.56. The predicted molar refractivity (Wildman–Crippen MR) is 142 cm³/mol. The second kappa shape index (κ2) is 8.84. The maximum atomic E-state index is 13.6. The zero-order valence-corrected chi connectivity index (χ0v) is 21.1. The van der Waals surface area contributed by atoms with E-state index in [0.717, 1.165) is 49.6 Å². The minimum absolute atomic E-state index is 0.124. The average Bonchev–Trinajstić information content (AvgIpc) is 3.43. The summed E-state index contributed by atoms with van der Waals surface area (Å²) >= 11 is 1.15. The highest BCUT2D eigenvalue weighted by atomic mass is 32.1. The van der Waals surface area contributed by atoms with Gasteiger partial charge in [0.1, 0.15) is 16.2 Å². The van der Waals surface area contributed by atoms with Gasteiger partial charge in [-0.15, -0.1) is 11.3 Å². The van der Waals surface area contributed by atoms with Crippen molar-refractivity contribution in [3.8, 4) is 21.8 Å². The first-order valence-corrected chi connectivity index (χ1v) is 13.9. The van der Waals surface area contributed by atoms with Gasteiger partial charge in [-0.05, 0) is 49.2 Å². The molecule has 35 heavy (non-hydrogen) atoms. The van der Waals surface area contributed by atoms with E-state index in [-0.39, 0.29) is 4.88 Å². The van der Waals surface area contributed by atoms with Crippen molar-refractivity contribution in [3.05, 3.63) is 88.9 Å². The molecular formula is C27H23N2O4PS. The van der Waals surface area contributed by atoms with E-state index in [9.17, 15) is 14.5 Å². The molecule has 3 aromatic heterocycles. The van der Waals surface area contributed by atoms with Gasteiger partial charge in [0.05, 0.1) is 5.69 Å². The number of anilines is 1. The van der Waals surface area contributed by atoms with Crippen molar-refractivity contribution >= 4 is 46.7 Å². The van der Waals surface area contributed by atoms with Crippen LogP contribution in [0.1, 0.15) is 20.8 Å². The second-order valence-corrected chi connectivity index (χ2v) is 12.2. The molecule has 1 unspecified atom stereocenters. The fourth-order valence-corrected chi connectivity index (χ4v) is 7.05. The molecule has 0 bridgehead atoms. The Morgan fingerprint density at radius 1 is 1.03 bits per heavy atom. The highest BCUT2D eigenvalue weighted by Crippen LogP contribution is 2.46. The fraction of sp³-hybridized carbons (Fsp3) is 0.111. The number of aromatic carboxylic acids is 1. The minimum Gasteiger partial charge on any atom is -0.477 e. The van der Waals surface area contributed by atoms with E-state index in [4.69, 9.17) is 4.42 Å². The van der Waals surface area contributed by atoms with Crippen LogP contribution in [0, 0.1) is 13.8 Å². The molecule has 0 aliphatic rings. The average molecular weight is 503 g/mol. The summed E-state index contributed by atoms with van der Waals surface area (Å²) in [7, 11) is -3.06. The Morgan fingerprint density at radius 2 is 1.77 bits per heavy atom. The zero-order chi connectivity index (χ0) is 24.7. The zero-order valence-electron chi connectivity index (χ0n) is 19.4. The van der Waals surface area contributed by atoms with Crippen molar-refractivity contribution in [1.29, 1.82) is 0 Å². The summed E-state index contributed by atoms with van der Waals surface area (Å²) in [5, 5.41) is 13.6. The fourth-order valence-electron chi connectivity index (χ4n) is 4.16. The summed E-state index contributed by atoms with van der Waals surface area (Å²) in [5.41, 5.74) is 5.62. The Kier molecular flexibility index (Phi) is 5.83. The molecule has 2 aromatic carbocycles. The Labute approximate surface area is 206 Å². The van der Waals surface area contributed by atoms with E-state index in [1.807, 2.05) is 74.5 Å². The van der Waals surface area contributed by atoms with E-state index in [1.165, 1.54) is 0 Å². The quantitative estimate of drug-likeness (QED) is 0.239. The molecule has 6 nitrogen and oxygen atoms in total. The predicted octanol–water partition coefficient (Wildman–Crippen LogP) is 7.18. The lowest BCUT2D eigenvalue weighted by Gasteiger charge is -2.18. The first kappa shape index (κ1) is 23.1. The number of fused-ring (bicyclic) bond motifs is 1. The molecule has 0 amide bonds. The van der Waals surface area contributed by atoms with Crippen molar-refractivity contribution in [2.24, 2.45) is 0 Å². The van der Waals surface area contributed by atoms with Crippen LogP contribution >= 0.6 is 18.6 Å². The molecule has 0 aliphatic carbocycles. The molecule has 3 heterocycles. The number of aryl methyl sites for hydroxylation is 2. The third-order valence-corrected chi connectivity index (χ3v) is 9.07. The number of carboxylic acid groups (broad SMARTS) is 1. The Morgan fingerprint density at radius 3 is 2.46 bits per heavy atom. The number of carbonyl (C=O) groups is 1. The van der Waals surface area contributed by atoms with Crippen molar-refractivity contribution in [2.45, 2.75) is 13.8 Å². The highest BCUT2D eigenvalue weighted by molar-refractivity contribution is 7.72. The van der Waals surface area contributed by atoms with E-state index in [1.54, 1.807) is 18.9 Å². The van der Waals surface area contributed by atoms with E-state index < -0.39 is 13.3 Å². The summed E-state index contributed by atoms with van der Waals surface area (Å²) in [6.07, 6.45) is 1.72. The van der Waals surface area contributed by atoms with Gasteiger partial charge in [-0.3, -0.25) is 9.55 Å². The standard InChI is InChI=1S/C27H23N2O4PS/c1-16-6-11-24(17(2)13-16)34(3,32)29-21-15-25(35-26(21)27(30)31)19-9-7-18(8-10-19)23-14-20-22(33-23)5-4-12-28-20/h4-15H,1-3H3,(H,29,32)(H,30,31). The molecule has 0 saturated heterocycles. The third kappa shape index (κ3) is 4.53. The van der Waals surface area contributed by atoms with Gasteiger partial charge in [-0.25, -0.2) is 4.79 Å². The molecule has 0 spiro atoms. The largest absolute Gasteiger partial charge is 0.477 e. The SMILES string of the molecule is Cc1ccc(P(C)(=O)Nc2cc(-c3ccc(-c4cc5ncccc5o4)cc3)sc2C(=O)O)c(C)c1. The van der Waals surface area contributed by atoms with Crippen LogP contribution in [0.25, 0.3) is 32.9 Å². The van der Waals surface area contributed by atoms with E-state index >= 15 is 0 Å². The lowest BCUT2D eigenvalue weighted by Crippen LogP contribution is -2.14. The summed E-state index contributed by atoms with van der Waals surface area (Å²) in [6, 6.07) is 20.8. The monoisotopic (exact) mass is 502 g/mol. The molecule has 0 fully saturated rings. The number of nitrogens with zero attached hydrogens (tertiary/aromatic N) is 1. The van der Waals surface area contributed by atoms with Crippen molar-refractivity contribution in [2.75, 3.05) is 11.8 Å². The maximum Gasteiger partial charge on any atom is 0.348 e. The van der Waals surface area contributed by atoms with Gasteiger partial charge in [0.25, 0.3) is 0 Å². The van der Waals surface area contributed by atoms with Crippen LogP contribution in [0.15, 0.2) is 77.3 Å². The molecule has 0 radical (unpaired) electrons. The van der Waals surface area contributed by atoms with Gasteiger partial charge in [-0.1, -0.05) is 42.0 Å². The number of nitrogens with one attached hydrogen (secondary N) is 1. The number of benzene rings is 2. The smallest absolute Gasteiger partial charge is 0.348 e. The van der Waals surface area contributed by atoms with Crippen LogP contribution in [0.2, 0.25) is 0 Å². The van der Waals surface area contributed by atoms with Gasteiger partial charge in [0.15, 0.2) is 12.9 Å². The summed E-state index contributed by atoms with van der Waals surface area (Å²) in [6.45, 7) is 5.52. The molecule has 2 N–H and O–H groups in total. The van der Waals surface area contributed by atoms with Crippen molar-refractivity contribution < 1.29 is 18.9 Å². The van der Waals surface area contributed by atoms with Crippen LogP contribution in [-0.2, 0) is 4.57 Å². The number of rotatable bonds is 6. The number of thiophene rings is 1. The van der Waals surface area contributed by atoms with Crippen LogP contribution < -0.4 is 10.4 Å². The number of aromatic nitrogens is 1. The minimum atomic E-state index is -3.06. The van der Waals surface area contributed by atoms with Gasteiger partial charge in [-0.2, -0.15) is 0 Å².